The molecule has 0 spiro atoms. The number of hydrogen-bond donors (Lipinski definition) is 0. The minimum atomic E-state index is -0.403. The van der Waals surface area contributed by atoms with Crippen molar-refractivity contribution in [2.24, 2.45) is 7.05 Å². The molecule has 23 heavy (non-hydrogen) atoms. The Morgan fingerprint density at radius 3 is 2.91 bits per heavy atom. The van der Waals surface area contributed by atoms with Gasteiger partial charge in [-0.15, -0.1) is 0 Å². The molecule has 0 radical (unpaired) electrons. The first-order valence-electron chi connectivity index (χ1n) is 7.53. The number of nitrogens with zero attached hydrogens (tertiary/aromatic N) is 4. The Hall–Kier alpha value is -2.70. The summed E-state index contributed by atoms with van der Waals surface area (Å²) in [6.45, 7) is 2.99. The van der Waals surface area contributed by atoms with Crippen molar-refractivity contribution in [3.8, 4) is 0 Å². The zero-order chi connectivity index (χ0) is 16.4. The van der Waals surface area contributed by atoms with Crippen LogP contribution in [0.25, 0.3) is 0 Å². The number of rotatable bonds is 3. The highest BCUT2D eigenvalue weighted by Crippen LogP contribution is 2.23. The zero-order valence-electron chi connectivity index (χ0n) is 13.2. The van der Waals surface area contributed by atoms with E-state index in [0.717, 1.165) is 11.3 Å². The monoisotopic (exact) mass is 314 g/mol. The minimum absolute atomic E-state index is 0.0950. The van der Waals surface area contributed by atoms with E-state index in [1.165, 1.54) is 0 Å². The summed E-state index contributed by atoms with van der Waals surface area (Å²) >= 11 is 0. The predicted octanol–water partition coefficient (Wildman–Crippen LogP) is 1.19. The van der Waals surface area contributed by atoms with E-state index >= 15 is 0 Å². The van der Waals surface area contributed by atoms with Gasteiger partial charge in [0.05, 0.1) is 24.4 Å². The van der Waals surface area contributed by atoms with Crippen LogP contribution in [0.1, 0.15) is 39.0 Å². The molecule has 7 nitrogen and oxygen atoms in total. The van der Waals surface area contributed by atoms with E-state index in [-0.39, 0.29) is 5.91 Å². The smallest absolute Gasteiger partial charge is 0.356 e. The molecule has 0 aromatic carbocycles. The summed E-state index contributed by atoms with van der Waals surface area (Å²) < 4.78 is 6.64. The summed E-state index contributed by atoms with van der Waals surface area (Å²) in [6.07, 6.45) is 3.80. The molecule has 1 amide bonds. The summed E-state index contributed by atoms with van der Waals surface area (Å²) in [5.41, 5.74) is 2.59. The molecule has 3 heterocycles. The Labute approximate surface area is 133 Å². The van der Waals surface area contributed by atoms with Crippen molar-refractivity contribution in [3.63, 3.8) is 0 Å². The van der Waals surface area contributed by atoms with Gasteiger partial charge >= 0.3 is 5.97 Å². The molecular weight excluding hydrogens is 296 g/mol. The van der Waals surface area contributed by atoms with E-state index in [2.05, 4.69) is 10.1 Å². The molecule has 0 atom stereocenters. The number of aryl methyl sites for hydroxylation is 1. The van der Waals surface area contributed by atoms with Gasteiger partial charge in [0.15, 0.2) is 5.69 Å². The van der Waals surface area contributed by atoms with Crippen molar-refractivity contribution in [1.82, 2.24) is 19.7 Å². The van der Waals surface area contributed by atoms with E-state index in [1.807, 2.05) is 0 Å². The van der Waals surface area contributed by atoms with Crippen LogP contribution in [-0.4, -0.2) is 44.7 Å². The molecule has 3 rings (SSSR count). The summed E-state index contributed by atoms with van der Waals surface area (Å²) in [4.78, 5) is 30.4. The third-order valence-corrected chi connectivity index (χ3v) is 3.86. The molecule has 1 aliphatic heterocycles. The average molecular weight is 314 g/mol. The van der Waals surface area contributed by atoms with E-state index in [0.29, 0.717) is 37.4 Å². The molecule has 120 valence electrons. The predicted molar refractivity (Wildman–Crippen MR) is 81.8 cm³/mol. The van der Waals surface area contributed by atoms with Gasteiger partial charge in [0.25, 0.3) is 5.91 Å². The van der Waals surface area contributed by atoms with Gasteiger partial charge in [0.1, 0.15) is 0 Å². The number of carbonyl (C=O) groups is 2. The van der Waals surface area contributed by atoms with Gasteiger partial charge < -0.3 is 9.64 Å². The fourth-order valence-electron chi connectivity index (χ4n) is 2.80. The molecule has 0 saturated carbocycles. The number of pyridine rings is 1. The second kappa shape index (κ2) is 6.20. The minimum Gasteiger partial charge on any atom is -0.461 e. The SMILES string of the molecule is CCOC(=O)c1c2c(nn1C)CCN(C(=O)c1cccnc1)C2. The van der Waals surface area contributed by atoms with E-state index in [4.69, 9.17) is 4.74 Å². The molecular formula is C16H18N4O3. The van der Waals surface area contributed by atoms with E-state index in [9.17, 15) is 9.59 Å². The number of fused-ring (bicyclic) bond motifs is 1. The molecule has 0 fully saturated rings. The zero-order valence-corrected chi connectivity index (χ0v) is 13.2. The second-order valence-corrected chi connectivity index (χ2v) is 5.34. The quantitative estimate of drug-likeness (QED) is 0.795. The molecule has 0 unspecified atom stereocenters. The van der Waals surface area contributed by atoms with Crippen molar-refractivity contribution in [1.29, 1.82) is 0 Å². The van der Waals surface area contributed by atoms with Crippen LogP contribution in [0.3, 0.4) is 0 Å². The summed E-state index contributed by atoms with van der Waals surface area (Å²) in [5.74, 6) is -0.498. The van der Waals surface area contributed by atoms with Crippen LogP contribution in [-0.2, 0) is 24.8 Å². The summed E-state index contributed by atoms with van der Waals surface area (Å²) in [7, 11) is 1.72. The van der Waals surface area contributed by atoms with Crippen LogP contribution in [0.5, 0.6) is 0 Å². The lowest BCUT2D eigenvalue weighted by molar-refractivity contribution is 0.0508. The van der Waals surface area contributed by atoms with Gasteiger partial charge in [0, 0.05) is 38.0 Å². The van der Waals surface area contributed by atoms with Gasteiger partial charge in [-0.3, -0.25) is 14.5 Å². The first-order chi connectivity index (χ1) is 11.1. The molecule has 2 aromatic rings. The van der Waals surface area contributed by atoms with Gasteiger partial charge in [-0.2, -0.15) is 5.10 Å². The maximum absolute atomic E-state index is 12.6. The lowest BCUT2D eigenvalue weighted by atomic mass is 10.0. The van der Waals surface area contributed by atoms with E-state index < -0.39 is 5.97 Å². The molecule has 2 aromatic heterocycles. The first kappa shape index (κ1) is 15.2. The van der Waals surface area contributed by atoms with Gasteiger partial charge in [0.2, 0.25) is 0 Å². The third kappa shape index (κ3) is 2.81. The topological polar surface area (TPSA) is 77.3 Å². The average Bonchev–Trinajstić information content (AvgIpc) is 2.90. The van der Waals surface area contributed by atoms with Gasteiger partial charge in [-0.25, -0.2) is 4.79 Å². The van der Waals surface area contributed by atoms with Gasteiger partial charge in [-0.05, 0) is 19.1 Å². The highest BCUT2D eigenvalue weighted by molar-refractivity contribution is 5.94. The second-order valence-electron chi connectivity index (χ2n) is 5.34. The van der Waals surface area contributed by atoms with Gasteiger partial charge in [-0.1, -0.05) is 0 Å². The Morgan fingerprint density at radius 1 is 1.39 bits per heavy atom. The number of carbonyl (C=O) groups excluding carboxylic acids is 2. The number of hydrogen-bond acceptors (Lipinski definition) is 5. The van der Waals surface area contributed by atoms with Crippen LogP contribution in [0.4, 0.5) is 0 Å². The lowest BCUT2D eigenvalue weighted by Crippen LogP contribution is -2.36. The van der Waals surface area contributed by atoms with Crippen LogP contribution in [0, 0.1) is 0 Å². The first-order valence-corrected chi connectivity index (χ1v) is 7.53. The lowest BCUT2D eigenvalue weighted by Gasteiger charge is -2.26. The Kier molecular flexibility index (Phi) is 4.10. The van der Waals surface area contributed by atoms with Crippen molar-refractivity contribution in [2.75, 3.05) is 13.2 Å². The van der Waals surface area contributed by atoms with Crippen molar-refractivity contribution in [2.45, 2.75) is 19.9 Å². The Bertz CT molecular complexity index is 739. The maximum Gasteiger partial charge on any atom is 0.356 e. The normalized spacial score (nSPS) is 13.6. The largest absolute Gasteiger partial charge is 0.461 e. The van der Waals surface area contributed by atoms with Crippen LogP contribution >= 0.6 is 0 Å². The summed E-state index contributed by atoms with van der Waals surface area (Å²) in [5, 5.41) is 4.39. The molecule has 0 saturated heterocycles. The number of aromatic nitrogens is 3. The Balaban J connectivity index is 1.88. The molecule has 0 N–H and O–H groups in total. The molecule has 0 bridgehead atoms. The van der Waals surface area contributed by atoms with Crippen LogP contribution in [0.15, 0.2) is 24.5 Å². The van der Waals surface area contributed by atoms with Crippen molar-refractivity contribution >= 4 is 11.9 Å². The fraction of sp³-hybridized carbons (Fsp3) is 0.375. The van der Waals surface area contributed by atoms with Crippen LogP contribution < -0.4 is 0 Å². The van der Waals surface area contributed by atoms with Crippen molar-refractivity contribution < 1.29 is 14.3 Å². The number of ether oxygens (including phenoxy) is 1. The summed E-state index contributed by atoms with van der Waals surface area (Å²) in [6, 6.07) is 3.47. The number of amides is 1. The standard InChI is InChI=1S/C16H18N4O3/c1-3-23-16(22)14-12-10-20(8-6-13(12)18-19(14)2)15(21)11-5-4-7-17-9-11/h4-5,7,9H,3,6,8,10H2,1-2H3. The highest BCUT2D eigenvalue weighted by Gasteiger charge is 2.30. The van der Waals surface area contributed by atoms with E-state index in [1.54, 1.807) is 48.1 Å². The molecule has 1 aliphatic rings. The molecule has 0 aliphatic carbocycles. The molecule has 7 heteroatoms. The van der Waals surface area contributed by atoms with Crippen molar-refractivity contribution in [3.05, 3.63) is 47.0 Å². The highest BCUT2D eigenvalue weighted by atomic mass is 16.5. The maximum atomic E-state index is 12.6. The Morgan fingerprint density at radius 2 is 2.22 bits per heavy atom. The van der Waals surface area contributed by atoms with Crippen LogP contribution in [0.2, 0.25) is 0 Å². The fourth-order valence-corrected chi connectivity index (χ4v) is 2.80. The third-order valence-electron chi connectivity index (χ3n) is 3.86. The number of esters is 1.